The standard InChI is InChI=1S/C28H33N5O4S/c1-4-36-24-8-6-5-7-20(24)10-12-26(34)31-27-23(15-29)22-11-9-19(14-25(22)38-27)17-37-28(35)30-16-21-13-18(2)32-33(21)3/h5-8,13,19H,4,9-12,14,16-17H2,1-3H3,(H,30,35)(H,31,34). The van der Waals surface area contributed by atoms with Crippen LogP contribution in [0.25, 0.3) is 0 Å². The third kappa shape index (κ3) is 6.72. The van der Waals surface area contributed by atoms with E-state index in [9.17, 15) is 14.9 Å². The van der Waals surface area contributed by atoms with Crippen molar-refractivity contribution in [1.82, 2.24) is 15.1 Å². The molecule has 10 heteroatoms. The first-order chi connectivity index (χ1) is 18.4. The van der Waals surface area contributed by atoms with Crippen LogP contribution >= 0.6 is 11.3 Å². The number of nitrogens with one attached hydrogen (secondary N) is 2. The van der Waals surface area contributed by atoms with Gasteiger partial charge >= 0.3 is 6.09 Å². The minimum atomic E-state index is -0.461. The van der Waals surface area contributed by atoms with Gasteiger partial charge < -0.3 is 20.1 Å². The molecule has 3 aromatic rings. The van der Waals surface area contributed by atoms with Gasteiger partial charge in [0.1, 0.15) is 16.8 Å². The highest BCUT2D eigenvalue weighted by Gasteiger charge is 2.27. The summed E-state index contributed by atoms with van der Waals surface area (Å²) in [6.07, 6.45) is 2.63. The molecule has 0 bridgehead atoms. The van der Waals surface area contributed by atoms with Crippen LogP contribution in [0.2, 0.25) is 0 Å². The Balaban J connectivity index is 1.29. The lowest BCUT2D eigenvalue weighted by molar-refractivity contribution is -0.116. The highest BCUT2D eigenvalue weighted by Crippen LogP contribution is 2.39. The van der Waals surface area contributed by atoms with Crippen LogP contribution < -0.4 is 15.4 Å². The Morgan fingerprint density at radius 3 is 2.87 bits per heavy atom. The molecule has 200 valence electrons. The quantitative estimate of drug-likeness (QED) is 0.390. The second kappa shape index (κ2) is 12.6. The number of para-hydroxylation sites is 1. The number of carbonyl (C=O) groups excluding carboxylic acids is 2. The summed E-state index contributed by atoms with van der Waals surface area (Å²) in [5.74, 6) is 0.823. The van der Waals surface area contributed by atoms with Crippen molar-refractivity contribution < 1.29 is 19.1 Å². The molecule has 2 aromatic heterocycles. The lowest BCUT2D eigenvalue weighted by atomic mass is 9.88. The van der Waals surface area contributed by atoms with E-state index in [2.05, 4.69) is 21.8 Å². The van der Waals surface area contributed by atoms with E-state index in [1.165, 1.54) is 11.3 Å². The largest absolute Gasteiger partial charge is 0.494 e. The SMILES string of the molecule is CCOc1ccccc1CCC(=O)Nc1sc2c(c1C#N)CCC(COC(=O)NCc1cc(C)nn1C)C2. The zero-order valence-electron chi connectivity index (χ0n) is 22.0. The van der Waals surface area contributed by atoms with Crippen LogP contribution in [0, 0.1) is 24.2 Å². The van der Waals surface area contributed by atoms with Crippen LogP contribution in [0.1, 0.15) is 52.7 Å². The second-order valence-electron chi connectivity index (χ2n) is 9.37. The Bertz CT molecular complexity index is 1340. The van der Waals surface area contributed by atoms with E-state index in [4.69, 9.17) is 9.47 Å². The molecule has 9 nitrogen and oxygen atoms in total. The van der Waals surface area contributed by atoms with Crippen LogP contribution in [0.5, 0.6) is 5.75 Å². The molecule has 0 aliphatic heterocycles. The molecular weight excluding hydrogens is 502 g/mol. The maximum absolute atomic E-state index is 12.7. The molecule has 0 spiro atoms. The average molecular weight is 536 g/mol. The summed E-state index contributed by atoms with van der Waals surface area (Å²) >= 11 is 1.45. The minimum absolute atomic E-state index is 0.133. The number of hydrogen-bond acceptors (Lipinski definition) is 7. The van der Waals surface area contributed by atoms with Gasteiger partial charge in [0.05, 0.1) is 36.7 Å². The second-order valence-corrected chi connectivity index (χ2v) is 10.5. The smallest absolute Gasteiger partial charge is 0.407 e. The number of hydrogen-bond donors (Lipinski definition) is 2. The molecule has 0 saturated heterocycles. The summed E-state index contributed by atoms with van der Waals surface area (Å²) < 4.78 is 12.9. The van der Waals surface area contributed by atoms with E-state index in [0.29, 0.717) is 49.6 Å². The topological polar surface area (TPSA) is 118 Å². The fraction of sp³-hybridized carbons (Fsp3) is 0.429. The van der Waals surface area contributed by atoms with Crippen molar-refractivity contribution in [2.45, 2.75) is 52.5 Å². The first kappa shape index (κ1) is 27.2. The third-order valence-corrected chi connectivity index (χ3v) is 7.76. The number of carbonyl (C=O) groups is 2. The van der Waals surface area contributed by atoms with Gasteiger partial charge in [-0.2, -0.15) is 10.4 Å². The van der Waals surface area contributed by atoms with E-state index in [1.807, 2.05) is 51.2 Å². The number of alkyl carbamates (subject to hydrolysis) is 1. The number of nitriles is 1. The molecule has 0 saturated carbocycles. The summed E-state index contributed by atoms with van der Waals surface area (Å²) in [7, 11) is 1.84. The molecule has 2 amide bonds. The highest BCUT2D eigenvalue weighted by atomic mass is 32.1. The van der Waals surface area contributed by atoms with Crippen molar-refractivity contribution in [2.75, 3.05) is 18.5 Å². The Morgan fingerprint density at radius 2 is 2.13 bits per heavy atom. The summed E-state index contributed by atoms with van der Waals surface area (Å²) in [6, 6.07) is 11.9. The van der Waals surface area contributed by atoms with E-state index in [1.54, 1.807) is 4.68 Å². The number of anilines is 1. The number of rotatable bonds is 10. The lowest BCUT2D eigenvalue weighted by Crippen LogP contribution is -2.28. The number of fused-ring (bicyclic) bond motifs is 1. The van der Waals surface area contributed by atoms with Gasteiger partial charge in [-0.3, -0.25) is 9.48 Å². The third-order valence-electron chi connectivity index (χ3n) is 6.59. The zero-order valence-corrected chi connectivity index (χ0v) is 22.8. The molecule has 1 aliphatic carbocycles. The van der Waals surface area contributed by atoms with Crippen molar-refractivity contribution in [3.8, 4) is 11.8 Å². The van der Waals surface area contributed by atoms with E-state index < -0.39 is 6.09 Å². The number of aromatic nitrogens is 2. The molecule has 1 aromatic carbocycles. The van der Waals surface area contributed by atoms with Crippen LogP contribution in [-0.2, 0) is 42.4 Å². The maximum atomic E-state index is 12.7. The van der Waals surface area contributed by atoms with Crippen LogP contribution in [0.4, 0.5) is 9.80 Å². The van der Waals surface area contributed by atoms with Gasteiger partial charge in [0.15, 0.2) is 0 Å². The molecule has 1 atom stereocenters. The number of aryl methyl sites for hydroxylation is 3. The predicted octanol–water partition coefficient (Wildman–Crippen LogP) is 4.66. The molecule has 0 radical (unpaired) electrons. The van der Waals surface area contributed by atoms with E-state index in [0.717, 1.165) is 46.0 Å². The van der Waals surface area contributed by atoms with Crippen LogP contribution in [0.3, 0.4) is 0 Å². The van der Waals surface area contributed by atoms with Crippen molar-refractivity contribution in [2.24, 2.45) is 13.0 Å². The molecular formula is C28H33N5O4S. The Hall–Kier alpha value is -3.84. The van der Waals surface area contributed by atoms with Crippen molar-refractivity contribution >= 4 is 28.3 Å². The van der Waals surface area contributed by atoms with Gasteiger partial charge in [-0.25, -0.2) is 4.79 Å². The first-order valence-electron chi connectivity index (χ1n) is 12.8. The summed E-state index contributed by atoms with van der Waals surface area (Å²) in [5.41, 5.74) is 4.33. The van der Waals surface area contributed by atoms with Gasteiger partial charge in [-0.1, -0.05) is 18.2 Å². The molecule has 0 fully saturated rings. The summed E-state index contributed by atoms with van der Waals surface area (Å²) in [5, 5.41) is 20.4. The van der Waals surface area contributed by atoms with Gasteiger partial charge in [0.2, 0.25) is 5.91 Å². The molecule has 2 N–H and O–H groups in total. The number of benzene rings is 1. The van der Waals surface area contributed by atoms with Gasteiger partial charge in [-0.15, -0.1) is 11.3 Å². The normalized spacial score (nSPS) is 14.3. The fourth-order valence-corrected chi connectivity index (χ4v) is 6.01. The van der Waals surface area contributed by atoms with E-state index >= 15 is 0 Å². The average Bonchev–Trinajstić information content (AvgIpc) is 3.42. The number of thiophene rings is 1. The maximum Gasteiger partial charge on any atom is 0.407 e. The monoisotopic (exact) mass is 535 g/mol. The van der Waals surface area contributed by atoms with Gasteiger partial charge in [0.25, 0.3) is 0 Å². The van der Waals surface area contributed by atoms with Gasteiger partial charge in [-0.05, 0) is 68.7 Å². The Labute approximate surface area is 226 Å². The van der Waals surface area contributed by atoms with E-state index in [-0.39, 0.29) is 11.8 Å². The molecule has 1 unspecified atom stereocenters. The van der Waals surface area contributed by atoms with Gasteiger partial charge in [0, 0.05) is 18.3 Å². The Morgan fingerprint density at radius 1 is 1.32 bits per heavy atom. The minimum Gasteiger partial charge on any atom is -0.494 e. The molecule has 38 heavy (non-hydrogen) atoms. The number of amides is 2. The molecule has 4 rings (SSSR count). The highest BCUT2D eigenvalue weighted by molar-refractivity contribution is 7.16. The Kier molecular flexibility index (Phi) is 9.02. The fourth-order valence-electron chi connectivity index (χ4n) is 4.68. The van der Waals surface area contributed by atoms with Crippen molar-refractivity contribution in [3.63, 3.8) is 0 Å². The predicted molar refractivity (Wildman–Crippen MR) is 145 cm³/mol. The van der Waals surface area contributed by atoms with Crippen LogP contribution in [0.15, 0.2) is 30.3 Å². The van der Waals surface area contributed by atoms with Crippen LogP contribution in [-0.4, -0.2) is 35.0 Å². The molecule has 1 aliphatic rings. The summed E-state index contributed by atoms with van der Waals surface area (Å²) in [6.45, 7) is 5.05. The van der Waals surface area contributed by atoms with Crippen molar-refractivity contribution in [1.29, 1.82) is 5.26 Å². The van der Waals surface area contributed by atoms with Crippen molar-refractivity contribution in [3.05, 3.63) is 63.3 Å². The zero-order chi connectivity index (χ0) is 27.1. The number of nitrogens with zero attached hydrogens (tertiary/aromatic N) is 3. The first-order valence-corrected chi connectivity index (χ1v) is 13.6. The summed E-state index contributed by atoms with van der Waals surface area (Å²) in [4.78, 5) is 26.0. The molecule has 2 heterocycles. The lowest BCUT2D eigenvalue weighted by Gasteiger charge is -2.21. The number of ether oxygens (including phenoxy) is 2.